The van der Waals surface area contributed by atoms with Gasteiger partial charge in [0.2, 0.25) is 6.29 Å². The molecule has 1 aromatic rings. The lowest BCUT2D eigenvalue weighted by Gasteiger charge is -2.41. The van der Waals surface area contributed by atoms with Crippen molar-refractivity contribution in [2.75, 3.05) is 20.3 Å². The summed E-state index contributed by atoms with van der Waals surface area (Å²) in [5, 5.41) is 60.0. The Morgan fingerprint density at radius 3 is 2.34 bits per heavy atom. The molecule has 0 unspecified atom stereocenters. The summed E-state index contributed by atoms with van der Waals surface area (Å²) in [6.07, 6.45) is -13.3. The number of carbonyl (C=O) groups excluding carboxylic acids is 1. The molecule has 0 amide bonds. The van der Waals surface area contributed by atoms with Crippen LogP contribution in [0.2, 0.25) is 0 Å². The van der Waals surface area contributed by atoms with E-state index in [0.29, 0.717) is 5.75 Å². The van der Waals surface area contributed by atoms with Crippen LogP contribution in [0.25, 0.3) is 0 Å². The summed E-state index contributed by atoms with van der Waals surface area (Å²) in [5.41, 5.74) is 0.182. The van der Waals surface area contributed by atoms with E-state index in [4.69, 9.17) is 23.7 Å². The van der Waals surface area contributed by atoms with Gasteiger partial charge in [0.25, 0.3) is 0 Å². The van der Waals surface area contributed by atoms with Crippen LogP contribution in [0.5, 0.6) is 11.5 Å². The molecule has 0 saturated carbocycles. The molecule has 1 aromatic carbocycles. The van der Waals surface area contributed by atoms with Gasteiger partial charge in [0.15, 0.2) is 12.1 Å². The van der Waals surface area contributed by atoms with Crippen molar-refractivity contribution in [3.8, 4) is 11.5 Å². The average molecular weight is 460 g/mol. The highest BCUT2D eigenvalue weighted by Gasteiger charge is 2.46. The molecule has 9 atom stereocenters. The number of benzene rings is 1. The van der Waals surface area contributed by atoms with Gasteiger partial charge < -0.3 is 54.3 Å². The van der Waals surface area contributed by atoms with E-state index in [-0.39, 0.29) is 23.7 Å². The minimum absolute atomic E-state index is 0.0345. The molecule has 2 aliphatic rings. The third-order valence-corrected chi connectivity index (χ3v) is 5.36. The molecular formula is C20H28O12. The van der Waals surface area contributed by atoms with Crippen LogP contribution in [0.3, 0.4) is 0 Å². The highest BCUT2D eigenvalue weighted by Crippen LogP contribution is 2.30. The monoisotopic (exact) mass is 460 g/mol. The lowest BCUT2D eigenvalue weighted by molar-refractivity contribution is -0.307. The maximum absolute atomic E-state index is 11.9. The van der Waals surface area contributed by atoms with Crippen molar-refractivity contribution < 1.29 is 59.1 Å². The number of rotatable bonds is 7. The molecule has 12 nitrogen and oxygen atoms in total. The Labute approximate surface area is 183 Å². The molecular weight excluding hydrogens is 432 g/mol. The highest BCUT2D eigenvalue weighted by molar-refractivity contribution is 5.97. The second-order valence-electron chi connectivity index (χ2n) is 7.63. The number of Topliss-reactive ketones (excluding diaryl/α,β-unsaturated/α-hetero) is 1. The van der Waals surface area contributed by atoms with Crippen molar-refractivity contribution in [1.82, 2.24) is 0 Å². The Kier molecular flexibility index (Phi) is 8.03. The first-order valence-electron chi connectivity index (χ1n) is 9.96. The number of carbonyl (C=O) groups is 1. The predicted molar refractivity (Wildman–Crippen MR) is 104 cm³/mol. The van der Waals surface area contributed by atoms with E-state index in [1.165, 1.54) is 26.2 Å². The number of aliphatic hydroxyl groups is 6. The van der Waals surface area contributed by atoms with Crippen molar-refractivity contribution >= 4 is 5.78 Å². The van der Waals surface area contributed by atoms with Crippen LogP contribution in [-0.4, -0.2) is 112 Å². The summed E-state index contributed by atoms with van der Waals surface area (Å²) in [6.45, 7) is 0.615. The first-order chi connectivity index (χ1) is 15.1. The molecule has 0 radical (unpaired) electrons. The standard InChI is InChI=1S/C20H28O12/c1-8(21)10-4-3-9(28-2)5-12(10)31-20-18(27)16(25)15(24)13(32-20)7-30-19-17(26)14(23)11(22)6-29-19/h3-5,11,13-20,22-27H,6-7H2,1-2H3/t11-,13+,14-,15+,16-,17+,18+,19+,20-/m0/s1. The van der Waals surface area contributed by atoms with E-state index < -0.39 is 61.9 Å². The molecule has 0 aliphatic carbocycles. The van der Waals surface area contributed by atoms with Gasteiger partial charge in [0, 0.05) is 6.07 Å². The molecule has 2 saturated heterocycles. The normalized spacial score (nSPS) is 37.7. The van der Waals surface area contributed by atoms with Gasteiger partial charge in [-0.1, -0.05) is 0 Å². The summed E-state index contributed by atoms with van der Waals surface area (Å²) in [6, 6.07) is 4.44. The van der Waals surface area contributed by atoms with Crippen molar-refractivity contribution in [2.24, 2.45) is 0 Å². The summed E-state index contributed by atoms with van der Waals surface area (Å²) in [5.74, 6) is 0.0878. The fraction of sp³-hybridized carbons (Fsp3) is 0.650. The van der Waals surface area contributed by atoms with Crippen LogP contribution in [-0.2, 0) is 14.2 Å². The summed E-state index contributed by atoms with van der Waals surface area (Å²) >= 11 is 0. The molecule has 2 aliphatic heterocycles. The Hall–Kier alpha value is -1.87. The lowest BCUT2D eigenvalue weighted by Crippen LogP contribution is -2.61. The summed E-state index contributed by atoms with van der Waals surface area (Å²) < 4.78 is 26.8. The van der Waals surface area contributed by atoms with E-state index in [0.717, 1.165) is 0 Å². The van der Waals surface area contributed by atoms with Crippen molar-refractivity contribution in [2.45, 2.75) is 62.2 Å². The molecule has 32 heavy (non-hydrogen) atoms. The van der Waals surface area contributed by atoms with Gasteiger partial charge in [0.05, 0.1) is 25.9 Å². The molecule has 0 aromatic heterocycles. The van der Waals surface area contributed by atoms with Gasteiger partial charge >= 0.3 is 0 Å². The summed E-state index contributed by atoms with van der Waals surface area (Å²) in [4.78, 5) is 11.9. The van der Waals surface area contributed by atoms with E-state index in [2.05, 4.69) is 0 Å². The number of hydrogen-bond donors (Lipinski definition) is 6. The molecule has 180 valence electrons. The molecule has 0 bridgehead atoms. The number of ether oxygens (including phenoxy) is 5. The fourth-order valence-electron chi connectivity index (χ4n) is 3.41. The van der Waals surface area contributed by atoms with Gasteiger partial charge in [-0.3, -0.25) is 4.79 Å². The number of methoxy groups -OCH3 is 1. The van der Waals surface area contributed by atoms with Crippen LogP contribution in [0.4, 0.5) is 0 Å². The zero-order valence-corrected chi connectivity index (χ0v) is 17.5. The first kappa shape index (κ1) is 24.8. The van der Waals surface area contributed by atoms with E-state index in [1.54, 1.807) is 6.07 Å². The molecule has 0 spiro atoms. The minimum atomic E-state index is -1.68. The van der Waals surface area contributed by atoms with Crippen LogP contribution in [0.15, 0.2) is 18.2 Å². The number of hydrogen-bond acceptors (Lipinski definition) is 12. The number of aliphatic hydroxyl groups excluding tert-OH is 6. The van der Waals surface area contributed by atoms with Gasteiger partial charge in [0.1, 0.15) is 54.2 Å². The van der Waals surface area contributed by atoms with E-state index in [9.17, 15) is 35.4 Å². The van der Waals surface area contributed by atoms with E-state index >= 15 is 0 Å². The first-order valence-corrected chi connectivity index (χ1v) is 9.96. The van der Waals surface area contributed by atoms with Gasteiger partial charge in [-0.25, -0.2) is 0 Å². The molecule has 6 N–H and O–H groups in total. The second-order valence-corrected chi connectivity index (χ2v) is 7.63. The Morgan fingerprint density at radius 2 is 1.69 bits per heavy atom. The number of ketones is 1. The SMILES string of the molecule is COc1ccc(C(C)=O)c(O[C@H]2O[C@H](CO[C@H]3OC[C@H](O)[C@H](O)[C@H]3O)[C@@H](O)[C@H](O)[C@H]2O)c1. The smallest absolute Gasteiger partial charge is 0.229 e. The lowest BCUT2D eigenvalue weighted by atomic mass is 9.99. The van der Waals surface area contributed by atoms with Gasteiger partial charge in [-0.2, -0.15) is 0 Å². The zero-order chi connectivity index (χ0) is 23.6. The molecule has 12 heteroatoms. The highest BCUT2D eigenvalue weighted by atomic mass is 16.7. The second kappa shape index (κ2) is 10.4. The van der Waals surface area contributed by atoms with Gasteiger partial charge in [-0.15, -0.1) is 0 Å². The molecule has 2 heterocycles. The quantitative estimate of drug-likeness (QED) is 0.236. The Bertz CT molecular complexity index is 788. The maximum Gasteiger partial charge on any atom is 0.229 e. The largest absolute Gasteiger partial charge is 0.497 e. The van der Waals surface area contributed by atoms with Crippen molar-refractivity contribution in [3.63, 3.8) is 0 Å². The minimum Gasteiger partial charge on any atom is -0.497 e. The topological polar surface area (TPSA) is 185 Å². The molecule has 3 rings (SSSR count). The van der Waals surface area contributed by atoms with Crippen LogP contribution in [0.1, 0.15) is 17.3 Å². The predicted octanol–water partition coefficient (Wildman–Crippen LogP) is -2.46. The molecule has 2 fully saturated rings. The third-order valence-electron chi connectivity index (χ3n) is 5.36. The average Bonchev–Trinajstić information content (AvgIpc) is 2.77. The summed E-state index contributed by atoms with van der Waals surface area (Å²) in [7, 11) is 1.42. The van der Waals surface area contributed by atoms with Gasteiger partial charge in [-0.05, 0) is 19.1 Å². The van der Waals surface area contributed by atoms with Crippen molar-refractivity contribution in [3.05, 3.63) is 23.8 Å². The Morgan fingerprint density at radius 1 is 1.00 bits per heavy atom. The fourth-order valence-corrected chi connectivity index (χ4v) is 3.41. The van der Waals surface area contributed by atoms with E-state index in [1.807, 2.05) is 0 Å². The maximum atomic E-state index is 11.9. The third kappa shape index (κ3) is 5.20. The van der Waals surface area contributed by atoms with Crippen LogP contribution >= 0.6 is 0 Å². The van der Waals surface area contributed by atoms with Crippen LogP contribution in [0, 0.1) is 0 Å². The van der Waals surface area contributed by atoms with Crippen LogP contribution < -0.4 is 9.47 Å². The van der Waals surface area contributed by atoms with Crippen molar-refractivity contribution in [1.29, 1.82) is 0 Å². The zero-order valence-electron chi connectivity index (χ0n) is 17.5. The Balaban J connectivity index is 1.71.